The molecule has 0 aliphatic carbocycles. The summed E-state index contributed by atoms with van der Waals surface area (Å²) >= 11 is 0. The molecule has 0 amide bonds. The highest BCUT2D eigenvalue weighted by molar-refractivity contribution is 5.84. The van der Waals surface area contributed by atoms with E-state index in [2.05, 4.69) is 4.98 Å². The van der Waals surface area contributed by atoms with E-state index in [4.69, 9.17) is 10.2 Å². The third-order valence-corrected chi connectivity index (χ3v) is 2.37. The van der Waals surface area contributed by atoms with Gasteiger partial charge in [0.2, 0.25) is 0 Å². The zero-order valence-electron chi connectivity index (χ0n) is 9.29. The summed E-state index contributed by atoms with van der Waals surface area (Å²) in [5, 5.41) is 10.8. The summed E-state index contributed by atoms with van der Waals surface area (Å²) in [4.78, 5) is 16.2. The van der Waals surface area contributed by atoms with Crippen LogP contribution >= 0.6 is 0 Å². The highest BCUT2D eigenvalue weighted by atomic mass is 16.6. The van der Waals surface area contributed by atoms with Crippen LogP contribution in [0.15, 0.2) is 22.6 Å². The molecule has 2 rings (SSSR count). The summed E-state index contributed by atoms with van der Waals surface area (Å²) in [6.45, 7) is 1.03. The van der Waals surface area contributed by atoms with Crippen molar-refractivity contribution in [2.75, 3.05) is 25.0 Å². The molecule has 1 aromatic heterocycles. The maximum absolute atomic E-state index is 10.8. The summed E-state index contributed by atoms with van der Waals surface area (Å²) in [6, 6.07) is 4.95. The van der Waals surface area contributed by atoms with Gasteiger partial charge < -0.3 is 15.1 Å². The van der Waals surface area contributed by atoms with Gasteiger partial charge in [0.1, 0.15) is 0 Å². The predicted molar refractivity (Wildman–Crippen MR) is 63.0 cm³/mol. The molecule has 0 bridgehead atoms. The van der Waals surface area contributed by atoms with Crippen molar-refractivity contribution in [2.24, 2.45) is 5.73 Å². The second-order valence-corrected chi connectivity index (χ2v) is 3.59. The molecule has 0 spiro atoms. The number of nitro benzene ring substituents is 1. The summed E-state index contributed by atoms with van der Waals surface area (Å²) in [6.07, 6.45) is 0. The van der Waals surface area contributed by atoms with Crippen molar-refractivity contribution in [3.05, 3.63) is 28.3 Å². The number of hydrogen-bond acceptors (Lipinski definition) is 6. The lowest BCUT2D eigenvalue weighted by Gasteiger charge is -2.11. The zero-order chi connectivity index (χ0) is 12.4. The monoisotopic (exact) mass is 236 g/mol. The van der Waals surface area contributed by atoms with Gasteiger partial charge in [0.25, 0.3) is 11.7 Å². The highest BCUT2D eigenvalue weighted by Gasteiger charge is 2.18. The molecule has 0 aliphatic rings. The van der Waals surface area contributed by atoms with Crippen LogP contribution in [0.4, 0.5) is 11.7 Å². The van der Waals surface area contributed by atoms with Crippen molar-refractivity contribution in [2.45, 2.75) is 0 Å². The molecule has 2 N–H and O–H groups in total. The standard InChI is InChI=1S/C10H12N4O3/c1-13(6-5-11)10-12-9-7(14(15)16)3-2-4-8(9)17-10/h2-4H,5-6,11H2,1H3. The zero-order valence-corrected chi connectivity index (χ0v) is 9.29. The van der Waals surface area contributed by atoms with Gasteiger partial charge in [-0.3, -0.25) is 10.1 Å². The molecule has 2 aromatic rings. The number of oxazole rings is 1. The minimum absolute atomic E-state index is 0.0568. The molecule has 7 nitrogen and oxygen atoms in total. The molecule has 0 aliphatic heterocycles. The van der Waals surface area contributed by atoms with Gasteiger partial charge in [0.05, 0.1) is 4.92 Å². The fraction of sp³-hybridized carbons (Fsp3) is 0.300. The Balaban J connectivity index is 2.50. The third kappa shape index (κ3) is 2.04. The minimum Gasteiger partial charge on any atom is -0.423 e. The first-order chi connectivity index (χ1) is 8.13. The third-order valence-electron chi connectivity index (χ3n) is 2.37. The van der Waals surface area contributed by atoms with Crippen molar-refractivity contribution in [1.29, 1.82) is 0 Å². The largest absolute Gasteiger partial charge is 0.423 e. The Morgan fingerprint density at radius 1 is 1.59 bits per heavy atom. The van der Waals surface area contributed by atoms with Crippen molar-refractivity contribution in [3.63, 3.8) is 0 Å². The average molecular weight is 236 g/mol. The maximum Gasteiger partial charge on any atom is 0.298 e. The number of aromatic nitrogens is 1. The fourth-order valence-corrected chi connectivity index (χ4v) is 1.52. The number of benzene rings is 1. The molecule has 0 fully saturated rings. The van der Waals surface area contributed by atoms with Crippen molar-refractivity contribution in [3.8, 4) is 0 Å². The lowest BCUT2D eigenvalue weighted by molar-refractivity contribution is -0.383. The molecule has 0 saturated carbocycles. The molecule has 17 heavy (non-hydrogen) atoms. The molecule has 0 radical (unpaired) electrons. The lowest BCUT2D eigenvalue weighted by atomic mass is 10.3. The van der Waals surface area contributed by atoms with E-state index < -0.39 is 4.92 Å². The molecule has 1 heterocycles. The molecule has 7 heteroatoms. The Kier molecular flexibility index (Phi) is 2.92. The smallest absolute Gasteiger partial charge is 0.298 e. The molecular formula is C10H12N4O3. The Hall–Kier alpha value is -2.15. The van der Waals surface area contributed by atoms with E-state index in [9.17, 15) is 10.1 Å². The van der Waals surface area contributed by atoms with E-state index >= 15 is 0 Å². The Morgan fingerprint density at radius 3 is 3.00 bits per heavy atom. The molecule has 90 valence electrons. The number of anilines is 1. The maximum atomic E-state index is 10.8. The number of fused-ring (bicyclic) bond motifs is 1. The van der Waals surface area contributed by atoms with E-state index in [1.54, 1.807) is 24.1 Å². The van der Waals surface area contributed by atoms with E-state index in [1.165, 1.54) is 6.07 Å². The van der Waals surface area contributed by atoms with Crippen LogP contribution in [-0.4, -0.2) is 30.0 Å². The van der Waals surface area contributed by atoms with Crippen molar-refractivity contribution in [1.82, 2.24) is 4.98 Å². The number of non-ortho nitro benzene ring substituents is 1. The highest BCUT2D eigenvalue weighted by Crippen LogP contribution is 2.28. The normalized spacial score (nSPS) is 10.7. The summed E-state index contributed by atoms with van der Waals surface area (Å²) in [5.41, 5.74) is 6.02. The number of para-hydroxylation sites is 1. The van der Waals surface area contributed by atoms with Gasteiger partial charge in [-0.15, -0.1) is 0 Å². The number of nitro groups is 1. The number of likely N-dealkylation sites (N-methyl/N-ethyl adjacent to an activating group) is 1. The van der Waals surface area contributed by atoms with Crippen molar-refractivity contribution >= 4 is 22.8 Å². The Labute approximate surface area is 97.0 Å². The van der Waals surface area contributed by atoms with Crippen LogP contribution in [0.3, 0.4) is 0 Å². The SMILES string of the molecule is CN(CCN)c1nc2c([N+](=O)[O-])cccc2o1. The van der Waals surface area contributed by atoms with Gasteiger partial charge in [-0.2, -0.15) is 4.98 Å². The van der Waals surface area contributed by atoms with Crippen LogP contribution in [0, 0.1) is 10.1 Å². The van der Waals surface area contributed by atoms with Gasteiger partial charge in [-0.1, -0.05) is 6.07 Å². The fourth-order valence-electron chi connectivity index (χ4n) is 1.52. The van der Waals surface area contributed by atoms with Crippen LogP contribution in [0.1, 0.15) is 0 Å². The molecule has 0 atom stereocenters. The van der Waals surface area contributed by atoms with Crippen LogP contribution in [0.25, 0.3) is 11.1 Å². The molecule has 1 aromatic carbocycles. The second kappa shape index (κ2) is 4.38. The van der Waals surface area contributed by atoms with E-state index in [-0.39, 0.29) is 11.2 Å². The summed E-state index contributed by atoms with van der Waals surface area (Å²) in [5.74, 6) is 0. The number of nitrogens with two attached hydrogens (primary N) is 1. The Morgan fingerprint density at radius 2 is 2.35 bits per heavy atom. The van der Waals surface area contributed by atoms with Crippen LogP contribution < -0.4 is 10.6 Å². The first-order valence-corrected chi connectivity index (χ1v) is 5.08. The molecule has 0 saturated heterocycles. The first-order valence-electron chi connectivity index (χ1n) is 5.08. The van der Waals surface area contributed by atoms with Gasteiger partial charge in [0.15, 0.2) is 11.1 Å². The van der Waals surface area contributed by atoms with Crippen LogP contribution in [0.2, 0.25) is 0 Å². The van der Waals surface area contributed by atoms with Crippen molar-refractivity contribution < 1.29 is 9.34 Å². The van der Waals surface area contributed by atoms with Gasteiger partial charge >= 0.3 is 0 Å². The average Bonchev–Trinajstić information content (AvgIpc) is 2.72. The van der Waals surface area contributed by atoms with Gasteiger partial charge in [-0.25, -0.2) is 0 Å². The second-order valence-electron chi connectivity index (χ2n) is 3.59. The number of hydrogen-bond donors (Lipinski definition) is 1. The quantitative estimate of drug-likeness (QED) is 0.631. The molecular weight excluding hydrogens is 224 g/mol. The van der Waals surface area contributed by atoms with E-state index in [0.717, 1.165) is 0 Å². The topological polar surface area (TPSA) is 98.4 Å². The van der Waals surface area contributed by atoms with Crippen LogP contribution in [-0.2, 0) is 0 Å². The van der Waals surface area contributed by atoms with Gasteiger partial charge in [-0.05, 0) is 6.07 Å². The number of rotatable bonds is 4. The minimum atomic E-state index is -0.475. The van der Waals surface area contributed by atoms with Gasteiger partial charge in [0, 0.05) is 26.2 Å². The van der Waals surface area contributed by atoms with E-state index in [1.807, 2.05) is 0 Å². The van der Waals surface area contributed by atoms with Crippen LogP contribution in [0.5, 0.6) is 0 Å². The summed E-state index contributed by atoms with van der Waals surface area (Å²) in [7, 11) is 1.77. The van der Waals surface area contributed by atoms with E-state index in [0.29, 0.717) is 24.7 Å². The first kappa shape index (κ1) is 11.3. The Bertz CT molecular complexity index is 551. The molecule has 0 unspecified atom stereocenters. The summed E-state index contributed by atoms with van der Waals surface area (Å²) < 4.78 is 5.43. The lowest BCUT2D eigenvalue weighted by Crippen LogP contribution is -2.25. The predicted octanol–water partition coefficient (Wildman–Crippen LogP) is 1.13. The number of nitrogens with zero attached hydrogens (tertiary/aromatic N) is 3.